The first-order chi connectivity index (χ1) is 7.28. The molecular formula is C12H21N3. The minimum Gasteiger partial charge on any atom is -0.402 e. The van der Waals surface area contributed by atoms with Crippen LogP contribution in [0, 0.1) is 0 Å². The summed E-state index contributed by atoms with van der Waals surface area (Å²) in [5.74, 6) is 0. The molecule has 1 saturated heterocycles. The highest BCUT2D eigenvalue weighted by Gasteiger charge is 2.17. The van der Waals surface area contributed by atoms with E-state index in [1.807, 2.05) is 6.08 Å². The van der Waals surface area contributed by atoms with Gasteiger partial charge in [0.05, 0.1) is 0 Å². The Hall–Kier alpha value is -0.800. The highest BCUT2D eigenvalue weighted by atomic mass is 15.3. The SMILES string of the molecule is CCN1CCN(CC2=CC=C(N)C2)CC1. The molecule has 2 aliphatic rings. The Kier molecular flexibility index (Phi) is 3.44. The van der Waals surface area contributed by atoms with Gasteiger partial charge in [0, 0.05) is 44.8 Å². The number of hydrogen-bond donors (Lipinski definition) is 1. The largest absolute Gasteiger partial charge is 0.402 e. The van der Waals surface area contributed by atoms with Gasteiger partial charge < -0.3 is 10.6 Å². The predicted octanol–water partition coefficient (Wildman–Crippen LogP) is 0.797. The molecule has 1 aliphatic carbocycles. The van der Waals surface area contributed by atoms with Crippen LogP contribution in [0.1, 0.15) is 13.3 Å². The Morgan fingerprint density at radius 2 is 1.80 bits per heavy atom. The molecule has 1 heterocycles. The lowest BCUT2D eigenvalue weighted by atomic mass is 10.2. The van der Waals surface area contributed by atoms with Crippen LogP contribution in [-0.4, -0.2) is 49.1 Å². The van der Waals surface area contributed by atoms with E-state index in [4.69, 9.17) is 5.73 Å². The number of piperazine rings is 1. The molecule has 0 spiro atoms. The standard InChI is InChI=1S/C12H21N3/c1-2-14-5-7-15(8-6-14)10-11-3-4-12(13)9-11/h3-4H,2,5-10,13H2,1H3. The number of allylic oxidation sites excluding steroid dienone is 3. The fourth-order valence-electron chi connectivity index (χ4n) is 2.26. The van der Waals surface area contributed by atoms with Crippen LogP contribution in [0.25, 0.3) is 0 Å². The summed E-state index contributed by atoms with van der Waals surface area (Å²) in [5, 5.41) is 0. The van der Waals surface area contributed by atoms with Gasteiger partial charge in [0.25, 0.3) is 0 Å². The molecule has 1 fully saturated rings. The van der Waals surface area contributed by atoms with Crippen molar-refractivity contribution in [2.24, 2.45) is 5.73 Å². The molecule has 0 bridgehead atoms. The highest BCUT2D eigenvalue weighted by molar-refractivity contribution is 5.29. The third-order valence-corrected chi connectivity index (χ3v) is 3.30. The molecule has 2 rings (SSSR count). The average Bonchev–Trinajstić information content (AvgIpc) is 2.65. The summed E-state index contributed by atoms with van der Waals surface area (Å²) < 4.78 is 0. The molecule has 0 aromatic carbocycles. The topological polar surface area (TPSA) is 32.5 Å². The zero-order valence-corrected chi connectivity index (χ0v) is 9.58. The lowest BCUT2D eigenvalue weighted by Crippen LogP contribution is -2.46. The van der Waals surface area contributed by atoms with E-state index in [0.29, 0.717) is 0 Å². The van der Waals surface area contributed by atoms with Crippen LogP contribution in [0.4, 0.5) is 0 Å². The van der Waals surface area contributed by atoms with Crippen molar-refractivity contribution in [2.75, 3.05) is 39.3 Å². The van der Waals surface area contributed by atoms with Gasteiger partial charge in [0.2, 0.25) is 0 Å². The smallest absolute Gasteiger partial charge is 0.0200 e. The van der Waals surface area contributed by atoms with E-state index in [0.717, 1.165) is 18.7 Å². The third-order valence-electron chi connectivity index (χ3n) is 3.30. The molecule has 0 aromatic rings. The first-order valence-corrected chi connectivity index (χ1v) is 5.86. The molecule has 0 atom stereocenters. The molecule has 3 nitrogen and oxygen atoms in total. The summed E-state index contributed by atoms with van der Waals surface area (Å²) in [5.41, 5.74) is 8.24. The van der Waals surface area contributed by atoms with Crippen LogP contribution < -0.4 is 5.73 Å². The number of hydrogen-bond acceptors (Lipinski definition) is 3. The zero-order valence-electron chi connectivity index (χ0n) is 9.58. The summed E-state index contributed by atoms with van der Waals surface area (Å²) in [4.78, 5) is 5.04. The van der Waals surface area contributed by atoms with Gasteiger partial charge in [-0.3, -0.25) is 4.90 Å². The van der Waals surface area contributed by atoms with E-state index < -0.39 is 0 Å². The number of nitrogens with zero attached hydrogens (tertiary/aromatic N) is 2. The maximum absolute atomic E-state index is 5.76. The Balaban J connectivity index is 1.74. The average molecular weight is 207 g/mol. The van der Waals surface area contributed by atoms with Gasteiger partial charge in [0.15, 0.2) is 0 Å². The van der Waals surface area contributed by atoms with Gasteiger partial charge in [-0.05, 0) is 12.6 Å². The fraction of sp³-hybridized carbons (Fsp3) is 0.667. The molecular weight excluding hydrogens is 186 g/mol. The normalized spacial score (nSPS) is 24.1. The maximum Gasteiger partial charge on any atom is 0.0200 e. The van der Waals surface area contributed by atoms with Crippen molar-refractivity contribution >= 4 is 0 Å². The van der Waals surface area contributed by atoms with Crippen LogP contribution in [0.3, 0.4) is 0 Å². The van der Waals surface area contributed by atoms with E-state index >= 15 is 0 Å². The van der Waals surface area contributed by atoms with Crippen molar-refractivity contribution in [1.29, 1.82) is 0 Å². The van der Waals surface area contributed by atoms with Gasteiger partial charge >= 0.3 is 0 Å². The second-order valence-corrected chi connectivity index (χ2v) is 4.45. The molecule has 0 radical (unpaired) electrons. The highest BCUT2D eigenvalue weighted by Crippen LogP contribution is 2.16. The summed E-state index contributed by atoms with van der Waals surface area (Å²) in [6, 6.07) is 0. The second-order valence-electron chi connectivity index (χ2n) is 4.45. The van der Waals surface area contributed by atoms with Gasteiger partial charge in [0.1, 0.15) is 0 Å². The Bertz CT molecular complexity index is 273. The van der Waals surface area contributed by atoms with Crippen LogP contribution >= 0.6 is 0 Å². The van der Waals surface area contributed by atoms with Gasteiger partial charge in [-0.2, -0.15) is 0 Å². The Morgan fingerprint density at radius 3 is 2.33 bits per heavy atom. The summed E-state index contributed by atoms with van der Waals surface area (Å²) in [6.45, 7) is 9.36. The van der Waals surface area contributed by atoms with Crippen LogP contribution in [0.15, 0.2) is 23.4 Å². The van der Waals surface area contributed by atoms with E-state index in [1.165, 1.54) is 38.3 Å². The molecule has 0 amide bonds. The monoisotopic (exact) mass is 207 g/mol. The molecule has 0 unspecified atom stereocenters. The van der Waals surface area contributed by atoms with Gasteiger partial charge in [-0.1, -0.05) is 18.6 Å². The minimum absolute atomic E-state index is 0.980. The maximum atomic E-state index is 5.76. The van der Waals surface area contributed by atoms with Crippen molar-refractivity contribution in [3.05, 3.63) is 23.4 Å². The molecule has 84 valence electrons. The molecule has 0 saturated carbocycles. The molecule has 0 aromatic heterocycles. The second kappa shape index (κ2) is 4.81. The van der Waals surface area contributed by atoms with Gasteiger partial charge in [-0.15, -0.1) is 0 Å². The quantitative estimate of drug-likeness (QED) is 0.743. The van der Waals surface area contributed by atoms with E-state index in [-0.39, 0.29) is 0 Å². The van der Waals surface area contributed by atoms with E-state index in [1.54, 1.807) is 0 Å². The van der Waals surface area contributed by atoms with Crippen LogP contribution in [-0.2, 0) is 0 Å². The van der Waals surface area contributed by atoms with Gasteiger partial charge in [-0.25, -0.2) is 0 Å². The Morgan fingerprint density at radius 1 is 1.13 bits per heavy atom. The van der Waals surface area contributed by atoms with Crippen LogP contribution in [0.2, 0.25) is 0 Å². The summed E-state index contributed by atoms with van der Waals surface area (Å²) in [6.07, 6.45) is 5.20. The predicted molar refractivity (Wildman–Crippen MR) is 63.5 cm³/mol. The van der Waals surface area contributed by atoms with E-state index in [2.05, 4.69) is 22.8 Å². The van der Waals surface area contributed by atoms with Crippen molar-refractivity contribution < 1.29 is 0 Å². The van der Waals surface area contributed by atoms with Crippen molar-refractivity contribution in [3.63, 3.8) is 0 Å². The molecule has 1 aliphatic heterocycles. The third kappa shape index (κ3) is 2.83. The minimum atomic E-state index is 0.980. The van der Waals surface area contributed by atoms with E-state index in [9.17, 15) is 0 Å². The number of nitrogens with two attached hydrogens (primary N) is 1. The molecule has 2 N–H and O–H groups in total. The first kappa shape index (κ1) is 10.7. The summed E-state index contributed by atoms with van der Waals surface area (Å²) >= 11 is 0. The molecule has 3 heteroatoms. The number of likely N-dealkylation sites (N-methyl/N-ethyl adjacent to an activating group) is 1. The van der Waals surface area contributed by atoms with Crippen LogP contribution in [0.5, 0.6) is 0 Å². The lowest BCUT2D eigenvalue weighted by Gasteiger charge is -2.34. The molecule has 15 heavy (non-hydrogen) atoms. The fourth-order valence-corrected chi connectivity index (χ4v) is 2.26. The Labute approximate surface area is 92.2 Å². The lowest BCUT2D eigenvalue weighted by molar-refractivity contribution is 0.145. The number of rotatable bonds is 3. The summed E-state index contributed by atoms with van der Waals surface area (Å²) in [7, 11) is 0. The zero-order chi connectivity index (χ0) is 10.7. The first-order valence-electron chi connectivity index (χ1n) is 5.86. The van der Waals surface area contributed by atoms with Crippen molar-refractivity contribution in [1.82, 2.24) is 9.80 Å². The van der Waals surface area contributed by atoms with Crippen molar-refractivity contribution in [2.45, 2.75) is 13.3 Å². The van der Waals surface area contributed by atoms with Crippen molar-refractivity contribution in [3.8, 4) is 0 Å².